The van der Waals surface area contributed by atoms with Crippen LogP contribution in [0.15, 0.2) is 48.5 Å². The van der Waals surface area contributed by atoms with Gasteiger partial charge in [0.15, 0.2) is 0 Å². The van der Waals surface area contributed by atoms with Crippen molar-refractivity contribution in [2.75, 3.05) is 5.32 Å². The van der Waals surface area contributed by atoms with Gasteiger partial charge in [-0.15, -0.1) is 0 Å². The van der Waals surface area contributed by atoms with Gasteiger partial charge in [0.1, 0.15) is 5.82 Å². The fourth-order valence-electron chi connectivity index (χ4n) is 2.90. The molecule has 2 aromatic carbocycles. The van der Waals surface area contributed by atoms with E-state index in [9.17, 15) is 14.0 Å². The zero-order valence-corrected chi connectivity index (χ0v) is 14.6. The minimum absolute atomic E-state index is 0.120. The molecule has 0 unspecified atom stereocenters. The summed E-state index contributed by atoms with van der Waals surface area (Å²) < 4.78 is 13.1. The second-order valence-corrected chi connectivity index (χ2v) is 6.64. The van der Waals surface area contributed by atoms with Crippen LogP contribution in [0.2, 0.25) is 0 Å². The van der Waals surface area contributed by atoms with E-state index in [2.05, 4.69) is 10.2 Å². The van der Waals surface area contributed by atoms with Crippen LogP contribution in [-0.2, 0) is 11.3 Å². The Bertz CT molecular complexity index is 786. The van der Waals surface area contributed by atoms with E-state index in [1.54, 1.807) is 36.4 Å². The standard InChI is InChI=1S/C20H22FN3O2/c1-13(20(26)23-17-8-4-15(5-9-17)19(22)25)24(18-10-11-18)12-14-2-6-16(21)7-3-14/h2-9,13,18H,10-12H2,1H3,(H2,22,25)(H,23,26)/t13-/m0/s1. The summed E-state index contributed by atoms with van der Waals surface area (Å²) in [6, 6.07) is 12.9. The first-order valence-electron chi connectivity index (χ1n) is 8.65. The topological polar surface area (TPSA) is 75.4 Å². The summed E-state index contributed by atoms with van der Waals surface area (Å²) in [5.41, 5.74) is 7.21. The molecule has 2 aromatic rings. The quantitative estimate of drug-likeness (QED) is 0.802. The number of halogens is 1. The van der Waals surface area contributed by atoms with Gasteiger partial charge in [-0.3, -0.25) is 14.5 Å². The predicted octanol–water partition coefficient (Wildman–Crippen LogP) is 2.92. The number of rotatable bonds is 7. The lowest BCUT2D eigenvalue weighted by molar-refractivity contribution is -0.121. The largest absolute Gasteiger partial charge is 0.366 e. The molecule has 0 radical (unpaired) electrons. The third-order valence-electron chi connectivity index (χ3n) is 4.61. The van der Waals surface area contributed by atoms with E-state index in [1.807, 2.05) is 6.92 Å². The molecule has 0 aromatic heterocycles. The molecule has 0 spiro atoms. The van der Waals surface area contributed by atoms with Crippen LogP contribution in [0.5, 0.6) is 0 Å². The molecule has 0 saturated heterocycles. The highest BCUT2D eigenvalue weighted by atomic mass is 19.1. The molecule has 3 N–H and O–H groups in total. The third-order valence-corrected chi connectivity index (χ3v) is 4.61. The van der Waals surface area contributed by atoms with Crippen molar-refractivity contribution < 1.29 is 14.0 Å². The van der Waals surface area contributed by atoms with Crippen molar-refractivity contribution in [3.8, 4) is 0 Å². The second-order valence-electron chi connectivity index (χ2n) is 6.64. The third kappa shape index (κ3) is 4.46. The van der Waals surface area contributed by atoms with Crippen LogP contribution in [0, 0.1) is 5.82 Å². The Kier molecular flexibility index (Phi) is 5.32. The van der Waals surface area contributed by atoms with E-state index in [0.29, 0.717) is 23.8 Å². The van der Waals surface area contributed by atoms with E-state index in [-0.39, 0.29) is 17.8 Å². The number of hydrogen-bond donors (Lipinski definition) is 2. The normalized spacial score (nSPS) is 14.9. The average molecular weight is 355 g/mol. The van der Waals surface area contributed by atoms with E-state index >= 15 is 0 Å². The first-order chi connectivity index (χ1) is 12.4. The highest BCUT2D eigenvalue weighted by Crippen LogP contribution is 2.30. The Labute approximate surface area is 152 Å². The monoisotopic (exact) mass is 355 g/mol. The summed E-state index contributed by atoms with van der Waals surface area (Å²) >= 11 is 0. The lowest BCUT2D eigenvalue weighted by atomic mass is 10.1. The molecule has 3 rings (SSSR count). The molecule has 1 aliphatic carbocycles. The Morgan fingerprint density at radius 1 is 1.15 bits per heavy atom. The number of nitrogens with zero attached hydrogens (tertiary/aromatic N) is 1. The van der Waals surface area contributed by atoms with Crippen LogP contribution in [0.25, 0.3) is 0 Å². The number of hydrogen-bond acceptors (Lipinski definition) is 3. The summed E-state index contributed by atoms with van der Waals surface area (Å²) in [5.74, 6) is -0.891. The molecule has 136 valence electrons. The van der Waals surface area contributed by atoms with Gasteiger partial charge in [-0.1, -0.05) is 12.1 Å². The molecule has 2 amide bonds. The Hall–Kier alpha value is -2.73. The Morgan fingerprint density at radius 2 is 1.77 bits per heavy atom. The highest BCUT2D eigenvalue weighted by molar-refractivity contribution is 5.96. The van der Waals surface area contributed by atoms with Crippen molar-refractivity contribution in [2.24, 2.45) is 5.73 Å². The molecule has 1 saturated carbocycles. The minimum atomic E-state index is -0.504. The maximum Gasteiger partial charge on any atom is 0.248 e. The van der Waals surface area contributed by atoms with E-state index < -0.39 is 5.91 Å². The SMILES string of the molecule is C[C@@H](C(=O)Nc1ccc(C(N)=O)cc1)N(Cc1ccc(F)cc1)C1CC1. The van der Waals surface area contributed by atoms with Gasteiger partial charge in [0.05, 0.1) is 6.04 Å². The molecule has 6 heteroatoms. The molecule has 1 fully saturated rings. The number of primary amides is 1. The van der Waals surface area contributed by atoms with Crippen LogP contribution in [0.3, 0.4) is 0 Å². The molecule has 0 aliphatic heterocycles. The van der Waals surface area contributed by atoms with Crippen molar-refractivity contribution in [3.63, 3.8) is 0 Å². The van der Waals surface area contributed by atoms with Crippen molar-refractivity contribution in [1.29, 1.82) is 0 Å². The zero-order valence-electron chi connectivity index (χ0n) is 14.6. The van der Waals surface area contributed by atoms with E-state index in [1.165, 1.54) is 12.1 Å². The maximum atomic E-state index is 13.1. The van der Waals surface area contributed by atoms with Gasteiger partial charge in [0, 0.05) is 23.8 Å². The van der Waals surface area contributed by atoms with E-state index in [4.69, 9.17) is 5.73 Å². The smallest absolute Gasteiger partial charge is 0.248 e. The summed E-state index contributed by atoms with van der Waals surface area (Å²) in [7, 11) is 0. The summed E-state index contributed by atoms with van der Waals surface area (Å²) in [6.45, 7) is 2.47. The van der Waals surface area contributed by atoms with Crippen LogP contribution in [-0.4, -0.2) is 28.8 Å². The Morgan fingerprint density at radius 3 is 2.31 bits per heavy atom. The average Bonchev–Trinajstić information content (AvgIpc) is 3.46. The molecule has 1 atom stereocenters. The highest BCUT2D eigenvalue weighted by Gasteiger charge is 2.35. The van der Waals surface area contributed by atoms with Gasteiger partial charge in [-0.05, 0) is 61.7 Å². The van der Waals surface area contributed by atoms with Gasteiger partial charge in [-0.25, -0.2) is 4.39 Å². The Balaban J connectivity index is 1.66. The predicted molar refractivity (Wildman–Crippen MR) is 98.0 cm³/mol. The number of carbonyl (C=O) groups is 2. The van der Waals surface area contributed by atoms with Crippen LogP contribution in [0.4, 0.5) is 10.1 Å². The lowest BCUT2D eigenvalue weighted by Crippen LogP contribution is -2.43. The molecule has 1 aliphatic rings. The molecule has 0 bridgehead atoms. The van der Waals surface area contributed by atoms with Crippen molar-refractivity contribution in [3.05, 3.63) is 65.5 Å². The number of amides is 2. The first-order valence-corrected chi connectivity index (χ1v) is 8.65. The van der Waals surface area contributed by atoms with Gasteiger partial charge in [0.25, 0.3) is 0 Å². The second kappa shape index (κ2) is 7.66. The fraction of sp³-hybridized carbons (Fsp3) is 0.300. The van der Waals surface area contributed by atoms with Crippen LogP contribution < -0.4 is 11.1 Å². The molecular formula is C20H22FN3O2. The van der Waals surface area contributed by atoms with Crippen LogP contribution >= 0.6 is 0 Å². The van der Waals surface area contributed by atoms with Crippen molar-refractivity contribution in [2.45, 2.75) is 38.4 Å². The van der Waals surface area contributed by atoms with E-state index in [0.717, 1.165) is 18.4 Å². The van der Waals surface area contributed by atoms with Gasteiger partial charge < -0.3 is 11.1 Å². The lowest BCUT2D eigenvalue weighted by Gasteiger charge is -2.28. The number of carbonyl (C=O) groups excluding carboxylic acids is 2. The summed E-state index contributed by atoms with van der Waals surface area (Å²) in [6.07, 6.45) is 2.12. The fourth-order valence-corrected chi connectivity index (χ4v) is 2.90. The summed E-state index contributed by atoms with van der Waals surface area (Å²) in [4.78, 5) is 25.9. The van der Waals surface area contributed by atoms with Gasteiger partial charge in [-0.2, -0.15) is 0 Å². The minimum Gasteiger partial charge on any atom is -0.366 e. The molecule has 5 nitrogen and oxygen atoms in total. The van der Waals surface area contributed by atoms with Gasteiger partial charge >= 0.3 is 0 Å². The van der Waals surface area contributed by atoms with Gasteiger partial charge in [0.2, 0.25) is 11.8 Å². The number of nitrogens with one attached hydrogen (secondary N) is 1. The zero-order chi connectivity index (χ0) is 18.7. The summed E-state index contributed by atoms with van der Waals surface area (Å²) in [5, 5.41) is 2.87. The van der Waals surface area contributed by atoms with Crippen molar-refractivity contribution >= 4 is 17.5 Å². The van der Waals surface area contributed by atoms with Crippen LogP contribution in [0.1, 0.15) is 35.7 Å². The molecular weight excluding hydrogens is 333 g/mol. The number of nitrogens with two attached hydrogens (primary N) is 1. The van der Waals surface area contributed by atoms with Crippen molar-refractivity contribution in [1.82, 2.24) is 4.90 Å². The maximum absolute atomic E-state index is 13.1. The first kappa shape index (κ1) is 18.1. The molecule has 0 heterocycles. The number of benzene rings is 2. The number of anilines is 1. The molecule has 26 heavy (non-hydrogen) atoms.